The number of carbonyl (C=O) groups is 2. The van der Waals surface area contributed by atoms with Crippen molar-refractivity contribution in [3.63, 3.8) is 0 Å². The van der Waals surface area contributed by atoms with Gasteiger partial charge in [0, 0.05) is 18.7 Å². The highest BCUT2D eigenvalue weighted by atomic mass is 19.4. The first-order chi connectivity index (χ1) is 8.71. The number of nitrogens with one attached hydrogen (secondary N) is 1. The molecule has 0 saturated heterocycles. The molecule has 0 aromatic heterocycles. The number of alkyl halides is 3. The summed E-state index contributed by atoms with van der Waals surface area (Å²) < 4.78 is 37.0. The standard InChI is InChI=1S/C10H13F3N2O4/c11-10(12,13)6-1-3-15(4-2-6)9(19)14-5-7(16)8(17)18/h1,7,16H,2-5H2,(H,14,19)(H,17,18). The predicted molar refractivity (Wildman–Crippen MR) is 57.4 cm³/mol. The minimum absolute atomic E-state index is 0.111. The van der Waals surface area contributed by atoms with Crippen LogP contribution in [0.15, 0.2) is 11.6 Å². The molecule has 1 unspecified atom stereocenters. The number of carboxylic acid groups (broad SMARTS) is 1. The molecule has 1 atom stereocenters. The van der Waals surface area contributed by atoms with Crippen molar-refractivity contribution in [3.8, 4) is 0 Å². The van der Waals surface area contributed by atoms with Gasteiger partial charge in [-0.1, -0.05) is 6.08 Å². The first kappa shape index (κ1) is 15.3. The van der Waals surface area contributed by atoms with Crippen LogP contribution in [0.3, 0.4) is 0 Å². The second kappa shape index (κ2) is 5.91. The molecule has 1 rings (SSSR count). The summed E-state index contributed by atoms with van der Waals surface area (Å²) in [6, 6.07) is -0.710. The van der Waals surface area contributed by atoms with Gasteiger partial charge < -0.3 is 20.4 Å². The summed E-state index contributed by atoms with van der Waals surface area (Å²) in [5, 5.41) is 19.4. The molecule has 0 aliphatic carbocycles. The lowest BCUT2D eigenvalue weighted by molar-refractivity contribution is -0.146. The minimum atomic E-state index is -4.39. The normalized spacial score (nSPS) is 17.7. The van der Waals surface area contributed by atoms with Crippen LogP contribution in [-0.4, -0.2) is 59.0 Å². The summed E-state index contributed by atoms with van der Waals surface area (Å²) in [6.07, 6.45) is -5.52. The van der Waals surface area contributed by atoms with E-state index in [1.807, 2.05) is 0 Å². The van der Waals surface area contributed by atoms with Crippen molar-refractivity contribution in [2.45, 2.75) is 18.7 Å². The molecular weight excluding hydrogens is 269 g/mol. The molecule has 9 heteroatoms. The van der Waals surface area contributed by atoms with Crippen LogP contribution in [0.5, 0.6) is 0 Å². The number of aliphatic carboxylic acids is 1. The first-order valence-corrected chi connectivity index (χ1v) is 5.41. The van der Waals surface area contributed by atoms with E-state index >= 15 is 0 Å². The maximum absolute atomic E-state index is 12.3. The van der Waals surface area contributed by atoms with Gasteiger partial charge in [-0.25, -0.2) is 9.59 Å². The van der Waals surface area contributed by atoms with E-state index in [0.29, 0.717) is 0 Å². The Morgan fingerprint density at radius 3 is 2.53 bits per heavy atom. The molecule has 0 fully saturated rings. The molecule has 1 heterocycles. The lowest BCUT2D eigenvalue weighted by atomic mass is 10.1. The number of halogens is 3. The molecular formula is C10H13F3N2O4. The molecule has 0 bridgehead atoms. The number of hydrogen-bond donors (Lipinski definition) is 3. The van der Waals surface area contributed by atoms with Crippen molar-refractivity contribution in [2.24, 2.45) is 0 Å². The third kappa shape index (κ3) is 4.43. The third-order valence-corrected chi connectivity index (χ3v) is 2.59. The summed E-state index contributed by atoms with van der Waals surface area (Å²) in [6.45, 7) is -0.815. The molecule has 0 saturated carbocycles. The van der Waals surface area contributed by atoms with E-state index in [4.69, 9.17) is 10.2 Å². The number of urea groups is 1. The zero-order valence-electron chi connectivity index (χ0n) is 9.78. The van der Waals surface area contributed by atoms with E-state index < -0.39 is 36.4 Å². The highest BCUT2D eigenvalue weighted by Gasteiger charge is 2.35. The largest absolute Gasteiger partial charge is 0.479 e. The number of hydrogen-bond acceptors (Lipinski definition) is 3. The maximum atomic E-state index is 12.3. The smallest absolute Gasteiger partial charge is 0.412 e. The fourth-order valence-electron chi connectivity index (χ4n) is 1.49. The van der Waals surface area contributed by atoms with Crippen molar-refractivity contribution in [2.75, 3.05) is 19.6 Å². The average Bonchev–Trinajstić information content (AvgIpc) is 2.34. The molecule has 0 radical (unpaired) electrons. The van der Waals surface area contributed by atoms with Crippen molar-refractivity contribution in [1.82, 2.24) is 10.2 Å². The molecule has 2 amide bonds. The van der Waals surface area contributed by atoms with E-state index in [1.54, 1.807) is 0 Å². The Kier molecular flexibility index (Phi) is 4.76. The van der Waals surface area contributed by atoms with Crippen LogP contribution >= 0.6 is 0 Å². The highest BCUT2D eigenvalue weighted by Crippen LogP contribution is 2.29. The number of aliphatic hydroxyl groups excluding tert-OH is 1. The summed E-state index contributed by atoms with van der Waals surface area (Å²) in [5.41, 5.74) is -0.679. The number of nitrogens with zero attached hydrogens (tertiary/aromatic N) is 1. The molecule has 6 nitrogen and oxygen atoms in total. The summed E-state index contributed by atoms with van der Waals surface area (Å²) in [5.74, 6) is -1.49. The Morgan fingerprint density at radius 2 is 2.11 bits per heavy atom. The Balaban J connectivity index is 2.45. The maximum Gasteiger partial charge on any atom is 0.412 e. The van der Waals surface area contributed by atoms with E-state index in [-0.39, 0.29) is 19.5 Å². The van der Waals surface area contributed by atoms with Gasteiger partial charge in [0.15, 0.2) is 6.10 Å². The van der Waals surface area contributed by atoms with Crippen molar-refractivity contribution in [1.29, 1.82) is 0 Å². The van der Waals surface area contributed by atoms with Crippen molar-refractivity contribution in [3.05, 3.63) is 11.6 Å². The molecule has 0 aromatic rings. The van der Waals surface area contributed by atoms with Crippen molar-refractivity contribution < 1.29 is 33.0 Å². The summed E-state index contributed by atoms with van der Waals surface area (Å²) in [7, 11) is 0. The summed E-state index contributed by atoms with van der Waals surface area (Å²) in [4.78, 5) is 22.9. The van der Waals surface area contributed by atoms with Gasteiger partial charge in [-0.15, -0.1) is 0 Å². The molecule has 108 valence electrons. The van der Waals surface area contributed by atoms with Gasteiger partial charge in [-0.2, -0.15) is 13.2 Å². The summed E-state index contributed by atoms with van der Waals surface area (Å²) >= 11 is 0. The van der Waals surface area contributed by atoms with Gasteiger partial charge >= 0.3 is 18.2 Å². The topological polar surface area (TPSA) is 89.9 Å². The Bertz CT molecular complexity index is 395. The second-order valence-corrected chi connectivity index (χ2v) is 3.96. The van der Waals surface area contributed by atoms with Gasteiger partial charge in [0.2, 0.25) is 0 Å². The lowest BCUT2D eigenvalue weighted by Gasteiger charge is -2.27. The quantitative estimate of drug-likeness (QED) is 0.651. The van der Waals surface area contributed by atoms with Gasteiger partial charge in [-0.05, 0) is 6.42 Å². The number of carbonyl (C=O) groups excluding carboxylic acids is 1. The zero-order chi connectivity index (χ0) is 14.6. The Morgan fingerprint density at radius 1 is 1.47 bits per heavy atom. The van der Waals surface area contributed by atoms with Crippen LogP contribution in [0.1, 0.15) is 6.42 Å². The third-order valence-electron chi connectivity index (χ3n) is 2.59. The SMILES string of the molecule is O=C(O)C(O)CNC(=O)N1CC=C(C(F)(F)F)CC1. The molecule has 1 aliphatic heterocycles. The van der Waals surface area contributed by atoms with Gasteiger partial charge in [0.05, 0.1) is 6.54 Å². The van der Waals surface area contributed by atoms with E-state index in [9.17, 15) is 22.8 Å². The fourth-order valence-corrected chi connectivity index (χ4v) is 1.49. The van der Waals surface area contributed by atoms with Crippen LogP contribution in [0, 0.1) is 0 Å². The van der Waals surface area contributed by atoms with Crippen LogP contribution in [0.25, 0.3) is 0 Å². The molecule has 0 spiro atoms. The van der Waals surface area contributed by atoms with Gasteiger partial charge in [0.1, 0.15) is 0 Å². The van der Waals surface area contributed by atoms with E-state index in [2.05, 4.69) is 5.32 Å². The Labute approximate surface area is 106 Å². The van der Waals surface area contributed by atoms with Crippen LogP contribution < -0.4 is 5.32 Å². The predicted octanol–water partition coefficient (Wildman–Crippen LogP) is 0.336. The minimum Gasteiger partial charge on any atom is -0.479 e. The van der Waals surface area contributed by atoms with Crippen LogP contribution in [0.2, 0.25) is 0 Å². The van der Waals surface area contributed by atoms with E-state index in [1.165, 1.54) is 0 Å². The number of aliphatic hydroxyl groups is 1. The average molecular weight is 282 g/mol. The number of rotatable bonds is 3. The molecule has 1 aliphatic rings. The van der Waals surface area contributed by atoms with Crippen LogP contribution in [0.4, 0.5) is 18.0 Å². The first-order valence-electron chi connectivity index (χ1n) is 5.41. The van der Waals surface area contributed by atoms with Crippen molar-refractivity contribution >= 4 is 12.0 Å². The second-order valence-electron chi connectivity index (χ2n) is 3.96. The number of amides is 2. The molecule has 0 aromatic carbocycles. The molecule has 3 N–H and O–H groups in total. The fraction of sp³-hybridized carbons (Fsp3) is 0.600. The Hall–Kier alpha value is -1.77. The molecule has 19 heavy (non-hydrogen) atoms. The van der Waals surface area contributed by atoms with Gasteiger partial charge in [-0.3, -0.25) is 0 Å². The highest BCUT2D eigenvalue weighted by molar-refractivity contribution is 5.77. The zero-order valence-corrected chi connectivity index (χ0v) is 9.78. The van der Waals surface area contributed by atoms with Gasteiger partial charge in [0.25, 0.3) is 0 Å². The van der Waals surface area contributed by atoms with Crippen LogP contribution in [-0.2, 0) is 4.79 Å². The lowest BCUT2D eigenvalue weighted by Crippen LogP contribution is -2.46. The number of carboxylic acids is 1. The monoisotopic (exact) mass is 282 g/mol. The van der Waals surface area contributed by atoms with E-state index in [0.717, 1.165) is 11.0 Å².